The molecule has 0 saturated carbocycles. The maximum Gasteiger partial charge on any atom is 0.119 e. The molecule has 4 heteroatoms. The highest BCUT2D eigenvalue weighted by molar-refractivity contribution is 7.80. The minimum absolute atomic E-state index is 0.727. The monoisotopic (exact) mass is 394 g/mol. The minimum Gasteiger partial charge on any atom is -0.497 e. The van der Waals surface area contributed by atoms with Crippen molar-refractivity contribution >= 4 is 23.8 Å². The molecule has 0 aliphatic heterocycles. The summed E-state index contributed by atoms with van der Waals surface area (Å²) in [5.74, 6) is 2.65. The van der Waals surface area contributed by atoms with E-state index in [0.29, 0.717) is 0 Å². The first kappa shape index (κ1) is 20.2. The highest BCUT2D eigenvalue weighted by Crippen LogP contribution is 2.38. The summed E-state index contributed by atoms with van der Waals surface area (Å²) in [7, 11) is 4.39. The largest absolute Gasteiger partial charge is 0.497 e. The minimum atomic E-state index is -0.727. The van der Waals surface area contributed by atoms with Crippen molar-refractivity contribution in [2.45, 2.75) is 20.8 Å². The first-order valence-electron chi connectivity index (χ1n) is 9.22. The van der Waals surface area contributed by atoms with Crippen LogP contribution in [0.5, 0.6) is 17.2 Å². The lowest BCUT2D eigenvalue weighted by Crippen LogP contribution is -2.25. The van der Waals surface area contributed by atoms with Crippen LogP contribution >= 0.6 is 7.92 Å². The third-order valence-electron chi connectivity index (χ3n) is 4.93. The Morgan fingerprint density at radius 2 is 0.786 bits per heavy atom. The Balaban J connectivity index is 2.23. The van der Waals surface area contributed by atoms with Crippen LogP contribution in [0.2, 0.25) is 0 Å². The van der Waals surface area contributed by atoms with Crippen LogP contribution in [0.1, 0.15) is 16.7 Å². The van der Waals surface area contributed by atoms with Crippen LogP contribution in [-0.4, -0.2) is 21.3 Å². The van der Waals surface area contributed by atoms with Crippen LogP contribution in [0.4, 0.5) is 0 Å². The van der Waals surface area contributed by atoms with E-state index >= 15 is 0 Å². The van der Waals surface area contributed by atoms with Crippen molar-refractivity contribution < 1.29 is 14.2 Å². The van der Waals surface area contributed by atoms with E-state index in [0.717, 1.165) is 17.2 Å². The van der Waals surface area contributed by atoms with E-state index in [-0.39, 0.29) is 0 Å². The Hall–Kier alpha value is -2.51. The topological polar surface area (TPSA) is 27.7 Å². The van der Waals surface area contributed by atoms with E-state index in [9.17, 15) is 0 Å². The summed E-state index contributed by atoms with van der Waals surface area (Å²) in [4.78, 5) is 0. The molecule has 0 spiro atoms. The molecule has 0 atom stereocenters. The van der Waals surface area contributed by atoms with E-state index in [1.54, 1.807) is 21.3 Å². The average molecular weight is 394 g/mol. The third-order valence-corrected chi connectivity index (χ3v) is 7.89. The molecule has 0 saturated heterocycles. The number of aryl methyl sites for hydroxylation is 3. The average Bonchev–Trinajstić information content (AvgIpc) is 2.70. The lowest BCUT2D eigenvalue weighted by molar-refractivity contribution is 0.414. The Kier molecular flexibility index (Phi) is 6.26. The summed E-state index contributed by atoms with van der Waals surface area (Å²) in [6.07, 6.45) is 0. The molecule has 0 heterocycles. The summed E-state index contributed by atoms with van der Waals surface area (Å²) >= 11 is 0. The molecule has 28 heavy (non-hydrogen) atoms. The van der Waals surface area contributed by atoms with Crippen molar-refractivity contribution in [3.8, 4) is 17.2 Å². The molecule has 0 aromatic heterocycles. The lowest BCUT2D eigenvalue weighted by Gasteiger charge is -2.25. The van der Waals surface area contributed by atoms with Crippen molar-refractivity contribution in [1.29, 1.82) is 0 Å². The first-order valence-corrected chi connectivity index (χ1v) is 10.6. The maximum absolute atomic E-state index is 5.42. The molecule has 3 aromatic carbocycles. The molecule has 0 aliphatic rings. The Labute approximate surface area is 169 Å². The van der Waals surface area contributed by atoms with Gasteiger partial charge < -0.3 is 14.2 Å². The predicted molar refractivity (Wildman–Crippen MR) is 119 cm³/mol. The zero-order valence-electron chi connectivity index (χ0n) is 17.4. The fourth-order valence-corrected chi connectivity index (χ4v) is 6.11. The van der Waals surface area contributed by atoms with Crippen LogP contribution in [0, 0.1) is 20.8 Å². The molecule has 0 radical (unpaired) electrons. The second-order valence-electron chi connectivity index (χ2n) is 6.79. The highest BCUT2D eigenvalue weighted by Gasteiger charge is 2.22. The van der Waals surface area contributed by atoms with Gasteiger partial charge in [0.15, 0.2) is 0 Å². The smallest absolute Gasteiger partial charge is 0.119 e. The van der Waals surface area contributed by atoms with E-state index in [1.165, 1.54) is 32.6 Å². The summed E-state index contributed by atoms with van der Waals surface area (Å²) in [6, 6.07) is 19.1. The lowest BCUT2D eigenvalue weighted by atomic mass is 10.2. The Morgan fingerprint density at radius 3 is 1.00 bits per heavy atom. The Bertz CT molecular complexity index is 854. The number of ether oxygens (including phenoxy) is 3. The van der Waals surface area contributed by atoms with Gasteiger partial charge >= 0.3 is 0 Å². The molecule has 0 aliphatic carbocycles. The zero-order chi connectivity index (χ0) is 20.3. The van der Waals surface area contributed by atoms with Gasteiger partial charge in [0, 0.05) is 0 Å². The van der Waals surface area contributed by atoms with Crippen LogP contribution in [0.25, 0.3) is 0 Å². The molecule has 3 nitrogen and oxygen atoms in total. The molecule has 3 aromatic rings. The molecule has 3 rings (SSSR count). The second kappa shape index (κ2) is 8.67. The molecule has 146 valence electrons. The summed E-state index contributed by atoms with van der Waals surface area (Å²) in [6.45, 7) is 6.47. The SMILES string of the molecule is COc1ccc(P(c2ccc(OC)cc2C)c2ccc(OC)cc2C)c(C)c1. The van der Waals surface area contributed by atoms with Crippen molar-refractivity contribution in [3.05, 3.63) is 71.3 Å². The molecular weight excluding hydrogens is 367 g/mol. The van der Waals surface area contributed by atoms with Crippen molar-refractivity contribution in [3.63, 3.8) is 0 Å². The van der Waals surface area contributed by atoms with Gasteiger partial charge in [0.1, 0.15) is 17.2 Å². The van der Waals surface area contributed by atoms with Gasteiger partial charge in [0.05, 0.1) is 21.3 Å². The first-order chi connectivity index (χ1) is 13.5. The van der Waals surface area contributed by atoms with Crippen LogP contribution < -0.4 is 30.1 Å². The van der Waals surface area contributed by atoms with Gasteiger partial charge in [-0.15, -0.1) is 0 Å². The molecule has 0 unspecified atom stereocenters. The van der Waals surface area contributed by atoms with Crippen molar-refractivity contribution in [1.82, 2.24) is 0 Å². The molecule has 0 amide bonds. The quantitative estimate of drug-likeness (QED) is 0.580. The van der Waals surface area contributed by atoms with E-state index in [2.05, 4.69) is 75.4 Å². The number of methoxy groups -OCH3 is 3. The van der Waals surface area contributed by atoms with E-state index in [4.69, 9.17) is 14.2 Å². The third kappa shape index (κ3) is 4.00. The van der Waals surface area contributed by atoms with E-state index < -0.39 is 7.92 Å². The van der Waals surface area contributed by atoms with Gasteiger partial charge in [-0.25, -0.2) is 0 Å². The van der Waals surface area contributed by atoms with Gasteiger partial charge in [-0.2, -0.15) is 0 Å². The predicted octanol–water partition coefficient (Wildman–Crippen LogP) is 4.40. The van der Waals surface area contributed by atoms with Gasteiger partial charge in [-0.3, -0.25) is 0 Å². The van der Waals surface area contributed by atoms with Crippen molar-refractivity contribution in [2.75, 3.05) is 21.3 Å². The molecule has 0 N–H and O–H groups in total. The van der Waals surface area contributed by atoms with E-state index in [1.807, 2.05) is 0 Å². The number of benzene rings is 3. The normalized spacial score (nSPS) is 10.8. The van der Waals surface area contributed by atoms with Crippen LogP contribution in [0.15, 0.2) is 54.6 Å². The van der Waals surface area contributed by atoms with Gasteiger partial charge in [-0.05, 0) is 116 Å². The second-order valence-corrected chi connectivity index (χ2v) is 8.91. The Morgan fingerprint density at radius 1 is 0.500 bits per heavy atom. The highest BCUT2D eigenvalue weighted by atomic mass is 31.1. The fourth-order valence-electron chi connectivity index (χ4n) is 3.41. The molecule has 0 bridgehead atoms. The number of hydrogen-bond donors (Lipinski definition) is 0. The van der Waals surface area contributed by atoms with Crippen LogP contribution in [0.3, 0.4) is 0 Å². The van der Waals surface area contributed by atoms with Gasteiger partial charge in [0.25, 0.3) is 0 Å². The maximum atomic E-state index is 5.42. The molecular formula is C24H27O3P. The number of hydrogen-bond acceptors (Lipinski definition) is 3. The zero-order valence-corrected chi connectivity index (χ0v) is 18.3. The standard InChI is InChI=1S/C24H27O3P/c1-16-13-19(25-4)7-10-22(16)28(23-11-8-20(26-5)14-17(23)2)24-12-9-21(27-6)15-18(24)3/h7-15H,1-6H3. The number of rotatable bonds is 6. The summed E-state index contributed by atoms with van der Waals surface area (Å²) < 4.78 is 16.3. The van der Waals surface area contributed by atoms with Gasteiger partial charge in [0.2, 0.25) is 0 Å². The van der Waals surface area contributed by atoms with Gasteiger partial charge in [-0.1, -0.05) is 0 Å². The summed E-state index contributed by atoms with van der Waals surface area (Å²) in [5, 5.41) is 3.99. The molecule has 0 fully saturated rings. The van der Waals surface area contributed by atoms with Crippen LogP contribution in [-0.2, 0) is 0 Å². The summed E-state index contributed by atoms with van der Waals surface area (Å²) in [5.41, 5.74) is 3.70. The van der Waals surface area contributed by atoms with Crippen molar-refractivity contribution in [2.24, 2.45) is 0 Å². The fraction of sp³-hybridized carbons (Fsp3) is 0.250.